The van der Waals surface area contributed by atoms with E-state index in [1.807, 2.05) is 30.9 Å². The summed E-state index contributed by atoms with van der Waals surface area (Å²) in [6.45, 7) is 4.31. The van der Waals surface area contributed by atoms with Gasteiger partial charge in [0.25, 0.3) is 0 Å². The predicted octanol–water partition coefficient (Wildman–Crippen LogP) is 3.02. The Morgan fingerprint density at radius 2 is 2.20 bits per heavy atom. The number of nitrogens with zero attached hydrogens (tertiary/aromatic N) is 1. The van der Waals surface area contributed by atoms with Gasteiger partial charge in [-0.2, -0.15) is 11.8 Å². The molecule has 112 valence electrons. The fraction of sp³-hybridized carbons (Fsp3) is 0.533. The highest BCUT2D eigenvalue weighted by molar-refractivity contribution is 7.98. The van der Waals surface area contributed by atoms with Crippen LogP contribution in [0, 0.1) is 0 Å². The maximum Gasteiger partial charge on any atom is 0.340 e. The normalized spacial score (nSPS) is 12.0. The van der Waals surface area contributed by atoms with Crippen LogP contribution < -0.4 is 10.6 Å². The number of hydrogen-bond acceptors (Lipinski definition) is 5. The number of esters is 1. The van der Waals surface area contributed by atoms with E-state index >= 15 is 0 Å². The van der Waals surface area contributed by atoms with E-state index in [1.54, 1.807) is 13.0 Å². The SMILES string of the molecule is CCOC(=O)c1cc(N)ccc1N(C)C(C)CCSC. The van der Waals surface area contributed by atoms with Crippen molar-refractivity contribution in [2.45, 2.75) is 26.3 Å². The highest BCUT2D eigenvalue weighted by Gasteiger charge is 2.19. The monoisotopic (exact) mass is 296 g/mol. The fourth-order valence-corrected chi connectivity index (χ4v) is 2.53. The molecule has 0 bridgehead atoms. The number of hydrogen-bond donors (Lipinski definition) is 1. The molecule has 0 fully saturated rings. The van der Waals surface area contributed by atoms with Crippen molar-refractivity contribution in [3.8, 4) is 0 Å². The van der Waals surface area contributed by atoms with Gasteiger partial charge in [0.2, 0.25) is 0 Å². The molecule has 1 unspecified atom stereocenters. The molecule has 2 N–H and O–H groups in total. The first-order valence-corrected chi connectivity index (χ1v) is 8.19. The molecule has 0 aliphatic heterocycles. The van der Waals surface area contributed by atoms with E-state index in [-0.39, 0.29) is 5.97 Å². The maximum absolute atomic E-state index is 12.1. The minimum Gasteiger partial charge on any atom is -0.462 e. The number of carbonyl (C=O) groups is 1. The molecule has 0 aliphatic rings. The quantitative estimate of drug-likeness (QED) is 0.619. The van der Waals surface area contributed by atoms with Crippen LogP contribution in [0.1, 0.15) is 30.6 Å². The van der Waals surface area contributed by atoms with E-state index in [9.17, 15) is 4.79 Å². The summed E-state index contributed by atoms with van der Waals surface area (Å²) in [5.74, 6) is 0.772. The van der Waals surface area contributed by atoms with Gasteiger partial charge in [0.15, 0.2) is 0 Å². The molecule has 1 aromatic rings. The number of rotatable bonds is 7. The predicted molar refractivity (Wildman–Crippen MR) is 87.7 cm³/mol. The first-order chi connectivity index (χ1) is 9.51. The topological polar surface area (TPSA) is 55.6 Å². The zero-order valence-electron chi connectivity index (χ0n) is 12.7. The molecule has 0 amide bonds. The van der Waals surface area contributed by atoms with E-state index in [4.69, 9.17) is 10.5 Å². The third kappa shape index (κ3) is 4.34. The molecule has 0 heterocycles. The van der Waals surface area contributed by atoms with Crippen LogP contribution in [0.5, 0.6) is 0 Å². The van der Waals surface area contributed by atoms with E-state index in [0.29, 0.717) is 23.9 Å². The van der Waals surface area contributed by atoms with Crippen molar-refractivity contribution in [3.05, 3.63) is 23.8 Å². The van der Waals surface area contributed by atoms with Gasteiger partial charge in [0, 0.05) is 18.8 Å². The van der Waals surface area contributed by atoms with Gasteiger partial charge in [-0.05, 0) is 50.5 Å². The Balaban J connectivity index is 3.00. The summed E-state index contributed by atoms with van der Waals surface area (Å²) in [5.41, 5.74) is 7.76. The van der Waals surface area contributed by atoms with Crippen molar-refractivity contribution in [3.63, 3.8) is 0 Å². The zero-order chi connectivity index (χ0) is 15.1. The summed E-state index contributed by atoms with van der Waals surface area (Å²) in [4.78, 5) is 14.2. The summed E-state index contributed by atoms with van der Waals surface area (Å²) in [7, 11) is 2.00. The number of anilines is 2. The number of thioether (sulfide) groups is 1. The van der Waals surface area contributed by atoms with Crippen molar-refractivity contribution < 1.29 is 9.53 Å². The number of nitrogen functional groups attached to an aromatic ring is 1. The third-order valence-corrected chi connectivity index (χ3v) is 3.94. The van der Waals surface area contributed by atoms with E-state index < -0.39 is 0 Å². The zero-order valence-corrected chi connectivity index (χ0v) is 13.5. The van der Waals surface area contributed by atoms with E-state index in [2.05, 4.69) is 18.1 Å². The minimum absolute atomic E-state index is 0.321. The van der Waals surface area contributed by atoms with Crippen LogP contribution in [0.4, 0.5) is 11.4 Å². The lowest BCUT2D eigenvalue weighted by Crippen LogP contribution is -2.31. The average molecular weight is 296 g/mol. The standard InChI is InChI=1S/C15H24N2O2S/c1-5-19-15(18)13-10-12(16)6-7-14(13)17(3)11(2)8-9-20-4/h6-7,10-11H,5,8-9,16H2,1-4H3. The molecule has 1 rings (SSSR count). The highest BCUT2D eigenvalue weighted by atomic mass is 32.2. The molecule has 0 radical (unpaired) electrons. The highest BCUT2D eigenvalue weighted by Crippen LogP contribution is 2.25. The van der Waals surface area contributed by atoms with Crippen molar-refractivity contribution in [1.29, 1.82) is 0 Å². The molecule has 1 atom stereocenters. The van der Waals surface area contributed by atoms with Crippen molar-refractivity contribution in [1.82, 2.24) is 0 Å². The summed E-state index contributed by atoms with van der Waals surface area (Å²) >= 11 is 1.83. The molecular weight excluding hydrogens is 272 g/mol. The molecule has 0 spiro atoms. The van der Waals surface area contributed by atoms with Crippen LogP contribution in [-0.4, -0.2) is 37.7 Å². The second kappa shape index (κ2) is 8.04. The Bertz CT molecular complexity index is 451. The van der Waals surface area contributed by atoms with Gasteiger partial charge in [0.1, 0.15) is 0 Å². The van der Waals surface area contributed by atoms with Gasteiger partial charge in [-0.15, -0.1) is 0 Å². The average Bonchev–Trinajstić information content (AvgIpc) is 2.44. The van der Waals surface area contributed by atoms with Crippen molar-refractivity contribution in [2.75, 3.05) is 36.3 Å². The van der Waals surface area contributed by atoms with Gasteiger partial charge in [-0.1, -0.05) is 0 Å². The van der Waals surface area contributed by atoms with E-state index in [0.717, 1.165) is 17.9 Å². The van der Waals surface area contributed by atoms with Gasteiger partial charge >= 0.3 is 5.97 Å². The van der Waals surface area contributed by atoms with Crippen molar-refractivity contribution >= 4 is 29.1 Å². The Morgan fingerprint density at radius 1 is 1.50 bits per heavy atom. The van der Waals surface area contributed by atoms with Crippen LogP contribution >= 0.6 is 11.8 Å². The molecular formula is C15H24N2O2S. The summed E-state index contributed by atoms with van der Waals surface area (Å²) < 4.78 is 5.11. The Kier molecular flexibility index (Phi) is 6.71. The van der Waals surface area contributed by atoms with Gasteiger partial charge in [-0.25, -0.2) is 4.79 Å². The fourth-order valence-electron chi connectivity index (χ4n) is 1.95. The molecule has 0 saturated heterocycles. The first-order valence-electron chi connectivity index (χ1n) is 6.79. The van der Waals surface area contributed by atoms with Crippen LogP contribution in [-0.2, 0) is 4.74 Å². The van der Waals surface area contributed by atoms with E-state index in [1.165, 1.54) is 0 Å². The number of carbonyl (C=O) groups excluding carboxylic acids is 1. The van der Waals surface area contributed by atoms with Gasteiger partial charge in [0.05, 0.1) is 17.9 Å². The Hall–Kier alpha value is -1.36. The number of nitrogens with two attached hydrogens (primary N) is 1. The third-order valence-electron chi connectivity index (χ3n) is 3.30. The molecule has 0 aliphatic carbocycles. The van der Waals surface area contributed by atoms with Crippen LogP contribution in [0.15, 0.2) is 18.2 Å². The van der Waals surface area contributed by atoms with Gasteiger partial charge < -0.3 is 15.4 Å². The smallest absolute Gasteiger partial charge is 0.340 e. The Morgan fingerprint density at radius 3 is 2.80 bits per heavy atom. The molecule has 0 aromatic heterocycles. The molecule has 20 heavy (non-hydrogen) atoms. The molecule has 4 nitrogen and oxygen atoms in total. The van der Waals surface area contributed by atoms with Crippen LogP contribution in [0.3, 0.4) is 0 Å². The summed E-state index contributed by atoms with van der Waals surface area (Å²) in [6.07, 6.45) is 3.16. The number of ether oxygens (including phenoxy) is 1. The lowest BCUT2D eigenvalue weighted by Gasteiger charge is -2.28. The lowest BCUT2D eigenvalue weighted by atomic mass is 10.1. The molecule has 0 saturated carbocycles. The first kappa shape index (κ1) is 16.7. The lowest BCUT2D eigenvalue weighted by molar-refractivity contribution is 0.0527. The van der Waals surface area contributed by atoms with Crippen LogP contribution in [0.2, 0.25) is 0 Å². The summed E-state index contributed by atoms with van der Waals surface area (Å²) in [6, 6.07) is 5.73. The van der Waals surface area contributed by atoms with Gasteiger partial charge in [-0.3, -0.25) is 0 Å². The van der Waals surface area contributed by atoms with Crippen LogP contribution in [0.25, 0.3) is 0 Å². The maximum atomic E-state index is 12.1. The summed E-state index contributed by atoms with van der Waals surface area (Å²) in [5, 5.41) is 0. The second-order valence-electron chi connectivity index (χ2n) is 4.74. The minimum atomic E-state index is -0.321. The molecule has 5 heteroatoms. The molecule has 1 aromatic carbocycles. The largest absolute Gasteiger partial charge is 0.462 e. The number of benzene rings is 1. The van der Waals surface area contributed by atoms with Crippen molar-refractivity contribution in [2.24, 2.45) is 0 Å². The second-order valence-corrected chi connectivity index (χ2v) is 5.72. The Labute approximate surface area is 125 Å².